The van der Waals surface area contributed by atoms with Crippen LogP contribution in [0, 0.1) is 0 Å². The molecule has 1 unspecified atom stereocenters. The smallest absolute Gasteiger partial charge is 0.0277 e. The van der Waals surface area contributed by atoms with Crippen LogP contribution in [0.5, 0.6) is 0 Å². The number of hydrogen-bond acceptors (Lipinski definition) is 2. The first-order valence-corrected chi connectivity index (χ1v) is 7.66. The van der Waals surface area contributed by atoms with Crippen LogP contribution in [0.2, 0.25) is 0 Å². The quantitative estimate of drug-likeness (QED) is 0.821. The fourth-order valence-corrected chi connectivity index (χ4v) is 3.21. The molecule has 1 atom stereocenters. The van der Waals surface area contributed by atoms with Crippen molar-refractivity contribution >= 4 is 27.7 Å². The molecule has 0 spiro atoms. The first-order chi connectivity index (χ1) is 8.66. The van der Waals surface area contributed by atoms with E-state index >= 15 is 0 Å². The second-order valence-corrected chi connectivity index (χ2v) is 6.18. The van der Waals surface area contributed by atoms with Gasteiger partial charge >= 0.3 is 0 Å². The number of halogens is 1. The molecular weight excluding hydrogens is 306 g/mol. The zero-order valence-corrected chi connectivity index (χ0v) is 12.7. The lowest BCUT2D eigenvalue weighted by molar-refractivity contribution is 0.796. The molecule has 94 valence electrons. The topological polar surface area (TPSA) is 26.0 Å². The second kappa shape index (κ2) is 6.41. The highest BCUT2D eigenvalue weighted by Crippen LogP contribution is 2.31. The Hall–Kier alpha value is -0.770. The van der Waals surface area contributed by atoms with Gasteiger partial charge in [0.2, 0.25) is 0 Å². The van der Waals surface area contributed by atoms with Gasteiger partial charge in [-0.05, 0) is 36.2 Å². The van der Waals surface area contributed by atoms with Crippen LogP contribution in [0.1, 0.15) is 24.1 Å². The molecule has 0 heterocycles. The molecule has 18 heavy (non-hydrogen) atoms. The van der Waals surface area contributed by atoms with Gasteiger partial charge in [0, 0.05) is 21.2 Å². The molecule has 1 nitrogen and oxygen atoms in total. The molecule has 0 aliphatic heterocycles. The molecular formula is C15H16BrNS. The van der Waals surface area contributed by atoms with Crippen LogP contribution in [0.25, 0.3) is 0 Å². The SMILES string of the molecule is CC(N)c1cc(Br)ccc1SCc1ccccc1. The van der Waals surface area contributed by atoms with Gasteiger partial charge in [-0.25, -0.2) is 0 Å². The van der Waals surface area contributed by atoms with E-state index < -0.39 is 0 Å². The highest BCUT2D eigenvalue weighted by molar-refractivity contribution is 9.10. The monoisotopic (exact) mass is 321 g/mol. The van der Waals surface area contributed by atoms with E-state index in [0.717, 1.165) is 10.2 Å². The Labute approximate surface area is 121 Å². The molecule has 3 heteroatoms. The molecule has 0 saturated heterocycles. The maximum absolute atomic E-state index is 6.02. The largest absolute Gasteiger partial charge is 0.324 e. The number of nitrogens with two attached hydrogens (primary N) is 1. The summed E-state index contributed by atoms with van der Waals surface area (Å²) in [6.07, 6.45) is 0. The zero-order chi connectivity index (χ0) is 13.0. The van der Waals surface area contributed by atoms with Crippen molar-refractivity contribution in [3.8, 4) is 0 Å². The van der Waals surface area contributed by atoms with Gasteiger partial charge in [0.1, 0.15) is 0 Å². The van der Waals surface area contributed by atoms with Gasteiger partial charge < -0.3 is 5.73 Å². The Morgan fingerprint density at radius 1 is 1.17 bits per heavy atom. The molecule has 0 bridgehead atoms. The van der Waals surface area contributed by atoms with E-state index in [1.54, 1.807) is 0 Å². The van der Waals surface area contributed by atoms with Gasteiger partial charge in [-0.2, -0.15) is 0 Å². The van der Waals surface area contributed by atoms with Crippen molar-refractivity contribution in [1.29, 1.82) is 0 Å². The van der Waals surface area contributed by atoms with Crippen molar-refractivity contribution in [3.63, 3.8) is 0 Å². The molecule has 0 radical (unpaired) electrons. The van der Waals surface area contributed by atoms with Crippen LogP contribution >= 0.6 is 27.7 Å². The van der Waals surface area contributed by atoms with Crippen molar-refractivity contribution in [2.75, 3.05) is 0 Å². The van der Waals surface area contributed by atoms with E-state index in [1.165, 1.54) is 16.0 Å². The van der Waals surface area contributed by atoms with Crippen molar-refractivity contribution in [1.82, 2.24) is 0 Å². The van der Waals surface area contributed by atoms with Crippen molar-refractivity contribution in [2.45, 2.75) is 23.6 Å². The maximum Gasteiger partial charge on any atom is 0.0277 e. The minimum Gasteiger partial charge on any atom is -0.324 e. The van der Waals surface area contributed by atoms with Gasteiger partial charge in [0.15, 0.2) is 0 Å². The van der Waals surface area contributed by atoms with E-state index in [4.69, 9.17) is 5.73 Å². The third kappa shape index (κ3) is 3.61. The average molecular weight is 322 g/mol. The summed E-state index contributed by atoms with van der Waals surface area (Å²) >= 11 is 5.33. The normalized spacial score (nSPS) is 12.4. The van der Waals surface area contributed by atoms with Gasteiger partial charge in [0.25, 0.3) is 0 Å². The molecule has 0 aliphatic rings. The van der Waals surface area contributed by atoms with Crippen molar-refractivity contribution in [3.05, 3.63) is 64.1 Å². The molecule has 0 aliphatic carbocycles. The Balaban J connectivity index is 2.14. The third-order valence-corrected chi connectivity index (χ3v) is 4.35. The van der Waals surface area contributed by atoms with Crippen molar-refractivity contribution < 1.29 is 0 Å². The summed E-state index contributed by atoms with van der Waals surface area (Å²) < 4.78 is 1.08. The van der Waals surface area contributed by atoms with Crippen LogP contribution in [0.15, 0.2) is 57.9 Å². The summed E-state index contributed by atoms with van der Waals surface area (Å²) in [5.74, 6) is 0.974. The Morgan fingerprint density at radius 2 is 1.89 bits per heavy atom. The summed E-state index contributed by atoms with van der Waals surface area (Å²) in [4.78, 5) is 1.26. The van der Waals surface area contributed by atoms with E-state index in [0.29, 0.717) is 0 Å². The fourth-order valence-electron chi connectivity index (χ4n) is 1.74. The van der Waals surface area contributed by atoms with Gasteiger partial charge in [-0.15, -0.1) is 11.8 Å². The molecule has 0 fully saturated rings. The molecule has 2 rings (SSSR count). The maximum atomic E-state index is 6.02. The summed E-state index contributed by atoms with van der Waals surface area (Å²) in [6, 6.07) is 16.9. The van der Waals surface area contributed by atoms with Gasteiger partial charge in [-0.1, -0.05) is 46.3 Å². The lowest BCUT2D eigenvalue weighted by Gasteiger charge is -2.13. The second-order valence-electron chi connectivity index (χ2n) is 4.25. The number of hydrogen-bond donors (Lipinski definition) is 1. The molecule has 0 aromatic heterocycles. The van der Waals surface area contributed by atoms with E-state index in [2.05, 4.69) is 58.4 Å². The predicted molar refractivity (Wildman–Crippen MR) is 82.7 cm³/mol. The molecule has 2 aromatic rings. The van der Waals surface area contributed by atoms with Crippen LogP contribution in [-0.4, -0.2) is 0 Å². The summed E-state index contributed by atoms with van der Waals surface area (Å²) in [6.45, 7) is 2.02. The zero-order valence-electron chi connectivity index (χ0n) is 10.3. The molecule has 0 amide bonds. The summed E-state index contributed by atoms with van der Waals surface area (Å²) in [5.41, 5.74) is 8.55. The number of thioether (sulfide) groups is 1. The highest BCUT2D eigenvalue weighted by Gasteiger charge is 2.08. The molecule has 2 aromatic carbocycles. The standard InChI is InChI=1S/C15H16BrNS/c1-11(17)14-9-13(16)7-8-15(14)18-10-12-5-3-2-4-6-12/h2-9,11H,10,17H2,1H3. The first-order valence-electron chi connectivity index (χ1n) is 5.88. The Morgan fingerprint density at radius 3 is 2.56 bits per heavy atom. The van der Waals surface area contributed by atoms with Crippen LogP contribution in [-0.2, 0) is 5.75 Å². The van der Waals surface area contributed by atoms with E-state index in [-0.39, 0.29) is 6.04 Å². The summed E-state index contributed by atoms with van der Waals surface area (Å²) in [5, 5.41) is 0. The Bertz CT molecular complexity index is 511. The fraction of sp³-hybridized carbons (Fsp3) is 0.200. The summed E-state index contributed by atoms with van der Waals surface area (Å²) in [7, 11) is 0. The highest BCUT2D eigenvalue weighted by atomic mass is 79.9. The molecule has 2 N–H and O–H groups in total. The van der Waals surface area contributed by atoms with Gasteiger partial charge in [0.05, 0.1) is 0 Å². The number of benzene rings is 2. The Kier molecular flexibility index (Phi) is 4.87. The lowest BCUT2D eigenvalue weighted by atomic mass is 10.1. The number of rotatable bonds is 4. The predicted octanol–water partition coefficient (Wildman–Crippen LogP) is 4.76. The third-order valence-electron chi connectivity index (χ3n) is 2.70. The van der Waals surface area contributed by atoms with Crippen LogP contribution in [0.3, 0.4) is 0 Å². The van der Waals surface area contributed by atoms with Crippen molar-refractivity contribution in [2.24, 2.45) is 5.73 Å². The van der Waals surface area contributed by atoms with E-state index in [9.17, 15) is 0 Å². The minimum atomic E-state index is 0.0563. The average Bonchev–Trinajstić information content (AvgIpc) is 2.38. The lowest BCUT2D eigenvalue weighted by Crippen LogP contribution is -2.06. The van der Waals surface area contributed by atoms with Gasteiger partial charge in [-0.3, -0.25) is 0 Å². The molecule has 0 saturated carbocycles. The van der Waals surface area contributed by atoms with E-state index in [1.807, 2.05) is 24.8 Å². The first kappa shape index (κ1) is 13.7. The van der Waals surface area contributed by atoms with Crippen LogP contribution in [0.4, 0.5) is 0 Å². The minimum absolute atomic E-state index is 0.0563. The van der Waals surface area contributed by atoms with Crippen LogP contribution < -0.4 is 5.73 Å².